The quantitative estimate of drug-likeness (QED) is 0.492. The van der Waals surface area contributed by atoms with Gasteiger partial charge in [-0.15, -0.1) is 0 Å². The van der Waals surface area contributed by atoms with Crippen LogP contribution in [0.4, 0.5) is 10.5 Å². The maximum Gasteiger partial charge on any atom is 0.325 e. The molecule has 0 bridgehead atoms. The third kappa shape index (κ3) is 3.01. The van der Waals surface area contributed by atoms with E-state index in [1.54, 1.807) is 30.3 Å². The first-order chi connectivity index (χ1) is 12.4. The van der Waals surface area contributed by atoms with Crippen molar-refractivity contribution in [3.05, 3.63) is 74.8 Å². The van der Waals surface area contributed by atoms with E-state index in [0.29, 0.717) is 22.6 Å². The molecule has 0 spiro atoms. The molecule has 0 unspecified atom stereocenters. The lowest BCUT2D eigenvalue weighted by Gasteiger charge is -2.25. The normalized spacial score (nSPS) is 19.5. The average Bonchev–Trinajstić information content (AvgIpc) is 2.87. The van der Waals surface area contributed by atoms with Gasteiger partial charge in [0.25, 0.3) is 11.6 Å². The van der Waals surface area contributed by atoms with Crippen molar-refractivity contribution in [3.8, 4) is 0 Å². The summed E-state index contributed by atoms with van der Waals surface area (Å²) in [6.45, 7) is 1.77. The molecule has 3 rings (SSSR count). The summed E-state index contributed by atoms with van der Waals surface area (Å²) in [5, 5.41) is 14.2. The van der Waals surface area contributed by atoms with E-state index in [-0.39, 0.29) is 18.1 Å². The maximum atomic E-state index is 13.1. The Morgan fingerprint density at radius 3 is 2.50 bits per heavy atom. The SMILES string of the molecule is CC[C@@]1(c2ccc(Cl)cc2)NC(=O)N(Cc2cccc([N+](=O)[O-])c2)C1=O. The smallest absolute Gasteiger partial charge is 0.319 e. The molecule has 0 radical (unpaired) electrons. The van der Waals surface area contributed by atoms with Crippen LogP contribution in [0.2, 0.25) is 5.02 Å². The number of urea groups is 1. The largest absolute Gasteiger partial charge is 0.325 e. The molecule has 0 aromatic heterocycles. The molecule has 3 amide bonds. The number of nitrogens with zero attached hydrogens (tertiary/aromatic N) is 2. The van der Waals surface area contributed by atoms with Gasteiger partial charge >= 0.3 is 6.03 Å². The van der Waals surface area contributed by atoms with E-state index >= 15 is 0 Å². The summed E-state index contributed by atoms with van der Waals surface area (Å²) in [6, 6.07) is 12.1. The molecule has 8 heteroatoms. The highest BCUT2D eigenvalue weighted by Crippen LogP contribution is 2.34. The number of carbonyl (C=O) groups is 2. The number of carbonyl (C=O) groups excluding carboxylic acids is 2. The molecular formula is C18H16ClN3O4. The molecule has 26 heavy (non-hydrogen) atoms. The summed E-state index contributed by atoms with van der Waals surface area (Å²) in [6.07, 6.45) is 0.366. The minimum absolute atomic E-state index is 0.0400. The lowest BCUT2D eigenvalue weighted by atomic mass is 9.87. The minimum Gasteiger partial charge on any atom is -0.319 e. The molecule has 1 aliphatic rings. The molecule has 7 nitrogen and oxygen atoms in total. The van der Waals surface area contributed by atoms with E-state index in [1.807, 2.05) is 6.92 Å². The minimum atomic E-state index is -1.16. The van der Waals surface area contributed by atoms with Gasteiger partial charge in [0.2, 0.25) is 0 Å². The Labute approximate surface area is 154 Å². The van der Waals surface area contributed by atoms with E-state index in [2.05, 4.69) is 5.32 Å². The molecule has 1 N–H and O–H groups in total. The Kier molecular flexibility index (Phi) is 4.65. The Balaban J connectivity index is 1.92. The molecule has 1 heterocycles. The molecule has 2 aromatic rings. The van der Waals surface area contributed by atoms with Crippen molar-refractivity contribution in [1.29, 1.82) is 0 Å². The zero-order chi connectivity index (χ0) is 18.9. The second-order valence-corrected chi connectivity index (χ2v) is 6.45. The topological polar surface area (TPSA) is 92.6 Å². The van der Waals surface area contributed by atoms with Gasteiger partial charge in [-0.05, 0) is 29.7 Å². The number of rotatable bonds is 5. The highest BCUT2D eigenvalue weighted by atomic mass is 35.5. The molecular weight excluding hydrogens is 358 g/mol. The van der Waals surface area contributed by atoms with Gasteiger partial charge in [-0.3, -0.25) is 19.8 Å². The molecule has 1 atom stereocenters. The third-order valence-corrected chi connectivity index (χ3v) is 4.76. The summed E-state index contributed by atoms with van der Waals surface area (Å²) >= 11 is 5.91. The highest BCUT2D eigenvalue weighted by molar-refractivity contribution is 6.30. The molecule has 1 saturated heterocycles. The van der Waals surface area contributed by atoms with Crippen LogP contribution >= 0.6 is 11.6 Å². The first kappa shape index (κ1) is 17.9. The van der Waals surface area contributed by atoms with Gasteiger partial charge < -0.3 is 5.32 Å². The standard InChI is InChI=1S/C18H16ClN3O4/c1-2-18(13-6-8-14(19)9-7-13)16(23)21(17(24)20-18)11-12-4-3-5-15(10-12)22(25)26/h3-10H,2,11H2,1H3,(H,20,24)/t18-/m0/s1. The van der Waals surface area contributed by atoms with Crippen LogP contribution in [0, 0.1) is 10.1 Å². The van der Waals surface area contributed by atoms with Gasteiger partial charge in [-0.25, -0.2) is 4.79 Å². The number of amides is 3. The van der Waals surface area contributed by atoms with Crippen molar-refractivity contribution in [2.45, 2.75) is 25.4 Å². The highest BCUT2D eigenvalue weighted by Gasteiger charge is 2.51. The fourth-order valence-electron chi connectivity index (χ4n) is 3.09. The van der Waals surface area contributed by atoms with E-state index in [4.69, 9.17) is 11.6 Å². The van der Waals surface area contributed by atoms with Crippen LogP contribution in [-0.4, -0.2) is 21.8 Å². The van der Waals surface area contributed by atoms with Crippen LogP contribution in [0.25, 0.3) is 0 Å². The van der Waals surface area contributed by atoms with Crippen LogP contribution in [0.5, 0.6) is 0 Å². The summed E-state index contributed by atoms with van der Waals surface area (Å²) < 4.78 is 0. The molecule has 134 valence electrons. The number of nitrogens with one attached hydrogen (secondary N) is 1. The van der Waals surface area contributed by atoms with Crippen molar-refractivity contribution in [1.82, 2.24) is 10.2 Å². The van der Waals surface area contributed by atoms with Gasteiger partial charge in [0.05, 0.1) is 11.5 Å². The predicted molar refractivity (Wildman–Crippen MR) is 95.6 cm³/mol. The Morgan fingerprint density at radius 2 is 1.88 bits per heavy atom. The lowest BCUT2D eigenvalue weighted by Crippen LogP contribution is -2.43. The number of non-ortho nitro benzene ring substituents is 1. The fraction of sp³-hybridized carbons (Fsp3) is 0.222. The molecule has 1 fully saturated rings. The molecule has 2 aromatic carbocycles. The van der Waals surface area contributed by atoms with Crippen LogP contribution in [0.3, 0.4) is 0 Å². The third-order valence-electron chi connectivity index (χ3n) is 4.51. The van der Waals surface area contributed by atoms with Crippen LogP contribution < -0.4 is 5.32 Å². The second-order valence-electron chi connectivity index (χ2n) is 6.01. The number of hydrogen-bond donors (Lipinski definition) is 1. The van der Waals surface area contributed by atoms with Crippen molar-refractivity contribution in [2.75, 3.05) is 0 Å². The van der Waals surface area contributed by atoms with Crippen molar-refractivity contribution < 1.29 is 14.5 Å². The Bertz CT molecular complexity index is 884. The molecule has 1 aliphatic heterocycles. The Hall–Kier alpha value is -2.93. The lowest BCUT2D eigenvalue weighted by molar-refractivity contribution is -0.384. The van der Waals surface area contributed by atoms with Gasteiger partial charge in [0.1, 0.15) is 5.54 Å². The van der Waals surface area contributed by atoms with E-state index in [1.165, 1.54) is 18.2 Å². The fourth-order valence-corrected chi connectivity index (χ4v) is 3.22. The van der Waals surface area contributed by atoms with Crippen LogP contribution in [0.15, 0.2) is 48.5 Å². The van der Waals surface area contributed by atoms with Crippen LogP contribution in [0.1, 0.15) is 24.5 Å². The summed E-state index contributed by atoms with van der Waals surface area (Å²) in [5.41, 5.74) is -0.105. The monoisotopic (exact) mass is 373 g/mol. The van der Waals surface area contributed by atoms with Crippen molar-refractivity contribution in [3.63, 3.8) is 0 Å². The summed E-state index contributed by atoms with van der Waals surface area (Å²) in [4.78, 5) is 37.0. The predicted octanol–water partition coefficient (Wildman–Crippen LogP) is 3.61. The van der Waals surface area contributed by atoms with Gasteiger partial charge in [-0.1, -0.05) is 42.8 Å². The van der Waals surface area contributed by atoms with Crippen molar-refractivity contribution in [2.24, 2.45) is 0 Å². The average molecular weight is 374 g/mol. The number of halogens is 1. The van der Waals surface area contributed by atoms with Gasteiger partial charge in [0, 0.05) is 17.2 Å². The first-order valence-electron chi connectivity index (χ1n) is 8.01. The summed E-state index contributed by atoms with van der Waals surface area (Å²) in [7, 11) is 0. The van der Waals surface area contributed by atoms with Crippen molar-refractivity contribution >= 4 is 29.2 Å². The molecule has 0 saturated carbocycles. The van der Waals surface area contributed by atoms with Gasteiger partial charge in [0.15, 0.2) is 0 Å². The zero-order valence-electron chi connectivity index (χ0n) is 13.9. The van der Waals surface area contributed by atoms with Crippen LogP contribution in [-0.2, 0) is 16.9 Å². The first-order valence-corrected chi connectivity index (χ1v) is 8.38. The maximum absolute atomic E-state index is 13.1. The number of imide groups is 1. The molecule has 0 aliphatic carbocycles. The number of hydrogen-bond acceptors (Lipinski definition) is 4. The van der Waals surface area contributed by atoms with E-state index < -0.39 is 16.5 Å². The Morgan fingerprint density at radius 1 is 1.19 bits per heavy atom. The zero-order valence-corrected chi connectivity index (χ0v) is 14.7. The second kappa shape index (κ2) is 6.76. The summed E-state index contributed by atoms with van der Waals surface area (Å²) in [5.74, 6) is -0.390. The number of nitro benzene ring substituents is 1. The van der Waals surface area contributed by atoms with E-state index in [0.717, 1.165) is 4.90 Å². The number of benzene rings is 2. The van der Waals surface area contributed by atoms with E-state index in [9.17, 15) is 19.7 Å². The number of nitro groups is 1. The van der Waals surface area contributed by atoms with Gasteiger partial charge in [-0.2, -0.15) is 0 Å².